The average Bonchev–Trinajstić information content (AvgIpc) is 3.01. The molecule has 1 fully saturated rings. The van der Waals surface area contributed by atoms with E-state index >= 15 is 0 Å². The number of hydrogen-bond donors (Lipinski definition) is 0. The number of thioether (sulfide) groups is 1. The number of carbonyl (C=O) groups excluding carboxylic acids is 2. The van der Waals surface area contributed by atoms with Gasteiger partial charge in [0.2, 0.25) is 0 Å². The van der Waals surface area contributed by atoms with E-state index in [1.807, 2.05) is 42.5 Å². The summed E-state index contributed by atoms with van der Waals surface area (Å²) in [5.41, 5.74) is 2.25. The first-order chi connectivity index (χ1) is 14.9. The van der Waals surface area contributed by atoms with Crippen LogP contribution in [0, 0.1) is 7.14 Å². The Hall–Kier alpha value is -1.56. The molecule has 8 heteroatoms. The SMILES string of the molecule is O=C1S/C(=C\c2cc(I)cc(I)c2OCc2ccccc2)C(=O)N1c1cccc(Cl)c1. The average molecular weight is 674 g/mol. The summed E-state index contributed by atoms with van der Waals surface area (Å²) in [5.74, 6) is 0.305. The predicted octanol–water partition coefficient (Wildman–Crippen LogP) is 7.37. The second kappa shape index (κ2) is 9.93. The summed E-state index contributed by atoms with van der Waals surface area (Å²) in [6.07, 6.45) is 1.72. The van der Waals surface area contributed by atoms with Gasteiger partial charge in [-0.3, -0.25) is 9.59 Å². The lowest BCUT2D eigenvalue weighted by Gasteiger charge is -2.13. The van der Waals surface area contributed by atoms with Crippen molar-refractivity contribution in [2.75, 3.05) is 4.90 Å². The van der Waals surface area contributed by atoms with Crippen molar-refractivity contribution < 1.29 is 14.3 Å². The Morgan fingerprint density at radius 3 is 2.52 bits per heavy atom. The molecule has 0 aromatic heterocycles. The van der Waals surface area contributed by atoms with Crippen LogP contribution in [0.15, 0.2) is 71.6 Å². The van der Waals surface area contributed by atoms with Crippen LogP contribution in [-0.2, 0) is 11.4 Å². The van der Waals surface area contributed by atoms with Crippen LogP contribution in [0.25, 0.3) is 6.08 Å². The van der Waals surface area contributed by atoms with Gasteiger partial charge in [0.25, 0.3) is 11.1 Å². The lowest BCUT2D eigenvalue weighted by atomic mass is 10.1. The van der Waals surface area contributed by atoms with E-state index < -0.39 is 0 Å². The molecule has 1 heterocycles. The zero-order valence-electron chi connectivity index (χ0n) is 15.8. The van der Waals surface area contributed by atoms with Crippen LogP contribution in [0.2, 0.25) is 5.02 Å². The van der Waals surface area contributed by atoms with Gasteiger partial charge in [0.1, 0.15) is 12.4 Å². The number of hydrogen-bond acceptors (Lipinski definition) is 4. The third-order valence-corrected chi connectivity index (χ3v) is 6.94. The smallest absolute Gasteiger partial charge is 0.298 e. The first-order valence-corrected chi connectivity index (χ1v) is 12.5. The van der Waals surface area contributed by atoms with E-state index in [-0.39, 0.29) is 11.1 Å². The highest BCUT2D eigenvalue weighted by Crippen LogP contribution is 2.39. The van der Waals surface area contributed by atoms with E-state index in [0.29, 0.717) is 28.0 Å². The topological polar surface area (TPSA) is 46.6 Å². The van der Waals surface area contributed by atoms with Gasteiger partial charge in [-0.2, -0.15) is 0 Å². The number of nitrogens with zero attached hydrogens (tertiary/aromatic N) is 1. The second-order valence-electron chi connectivity index (χ2n) is 6.58. The van der Waals surface area contributed by atoms with Gasteiger partial charge in [-0.05, 0) is 98.9 Å². The standard InChI is InChI=1S/C23H14ClI2NO3S/c24-16-7-4-8-18(11-16)27-22(28)20(31-23(27)29)10-15-9-17(25)12-19(26)21(15)30-13-14-5-2-1-3-6-14/h1-12H,13H2/b20-10-. The summed E-state index contributed by atoms with van der Waals surface area (Å²) < 4.78 is 8.06. The Morgan fingerprint density at radius 2 is 1.77 bits per heavy atom. The molecule has 3 aromatic carbocycles. The molecule has 1 saturated heterocycles. The zero-order chi connectivity index (χ0) is 22.0. The van der Waals surface area contributed by atoms with E-state index in [2.05, 4.69) is 45.2 Å². The molecule has 2 amide bonds. The Balaban J connectivity index is 1.66. The van der Waals surface area contributed by atoms with Crippen LogP contribution in [0.1, 0.15) is 11.1 Å². The Morgan fingerprint density at radius 1 is 1.00 bits per heavy atom. The number of halogens is 3. The van der Waals surface area contributed by atoms with Gasteiger partial charge in [-0.1, -0.05) is 48.0 Å². The van der Waals surface area contributed by atoms with Gasteiger partial charge in [-0.25, -0.2) is 4.90 Å². The highest BCUT2D eigenvalue weighted by Gasteiger charge is 2.36. The second-order valence-corrected chi connectivity index (χ2v) is 10.4. The number of anilines is 1. The summed E-state index contributed by atoms with van der Waals surface area (Å²) in [7, 11) is 0. The molecule has 3 aromatic rings. The lowest BCUT2D eigenvalue weighted by molar-refractivity contribution is -0.113. The van der Waals surface area contributed by atoms with Crippen LogP contribution in [0.3, 0.4) is 0 Å². The minimum Gasteiger partial charge on any atom is -0.487 e. The van der Waals surface area contributed by atoms with Crippen molar-refractivity contribution in [1.82, 2.24) is 0 Å². The molecule has 0 atom stereocenters. The van der Waals surface area contributed by atoms with E-state index in [9.17, 15) is 9.59 Å². The highest BCUT2D eigenvalue weighted by atomic mass is 127. The van der Waals surface area contributed by atoms with Gasteiger partial charge < -0.3 is 4.74 Å². The normalized spacial score (nSPS) is 15.1. The maximum atomic E-state index is 13.0. The predicted molar refractivity (Wildman–Crippen MR) is 143 cm³/mol. The first-order valence-electron chi connectivity index (χ1n) is 9.11. The summed E-state index contributed by atoms with van der Waals surface area (Å²) >= 11 is 11.4. The number of amides is 2. The van der Waals surface area contributed by atoms with Crippen molar-refractivity contribution in [2.45, 2.75) is 6.61 Å². The summed E-state index contributed by atoms with van der Waals surface area (Å²) in [6, 6.07) is 20.5. The van der Waals surface area contributed by atoms with Crippen molar-refractivity contribution in [3.05, 3.63) is 94.9 Å². The molecule has 0 bridgehead atoms. The van der Waals surface area contributed by atoms with Crippen LogP contribution in [0.5, 0.6) is 5.75 Å². The van der Waals surface area contributed by atoms with E-state index in [1.165, 1.54) is 0 Å². The van der Waals surface area contributed by atoms with Crippen molar-refractivity contribution in [1.29, 1.82) is 0 Å². The van der Waals surface area contributed by atoms with Gasteiger partial charge in [0.15, 0.2) is 0 Å². The van der Waals surface area contributed by atoms with E-state index in [0.717, 1.165) is 34.9 Å². The van der Waals surface area contributed by atoms with Gasteiger partial charge in [0, 0.05) is 14.2 Å². The molecule has 0 spiro atoms. The van der Waals surface area contributed by atoms with Crippen LogP contribution >= 0.6 is 68.5 Å². The Bertz CT molecular complexity index is 1200. The molecule has 1 aliphatic rings. The molecule has 0 saturated carbocycles. The lowest BCUT2D eigenvalue weighted by Crippen LogP contribution is -2.27. The molecule has 4 rings (SSSR count). The molecule has 0 unspecified atom stereocenters. The first kappa shape index (κ1) is 22.6. The molecule has 156 valence electrons. The molecule has 1 aliphatic heterocycles. The maximum absolute atomic E-state index is 13.0. The van der Waals surface area contributed by atoms with Crippen molar-refractivity contribution in [2.24, 2.45) is 0 Å². The minimum absolute atomic E-state index is 0.340. The van der Waals surface area contributed by atoms with Crippen LogP contribution < -0.4 is 9.64 Å². The molecule has 0 radical (unpaired) electrons. The number of imide groups is 1. The highest BCUT2D eigenvalue weighted by molar-refractivity contribution is 14.1. The van der Waals surface area contributed by atoms with E-state index in [4.69, 9.17) is 16.3 Å². The summed E-state index contributed by atoms with van der Waals surface area (Å²) in [5, 5.41) is 0.106. The third-order valence-electron chi connectivity index (χ3n) is 4.41. The number of benzene rings is 3. The third kappa shape index (κ3) is 5.27. The fourth-order valence-corrected chi connectivity index (χ4v) is 6.08. The summed E-state index contributed by atoms with van der Waals surface area (Å²) in [4.78, 5) is 27.1. The quantitative estimate of drug-likeness (QED) is 0.210. The monoisotopic (exact) mass is 673 g/mol. The molecule has 0 aliphatic carbocycles. The Labute approximate surface area is 216 Å². The van der Waals surface area contributed by atoms with Crippen LogP contribution in [0.4, 0.5) is 10.5 Å². The minimum atomic E-state index is -0.375. The number of rotatable bonds is 5. The molecular formula is C23H14ClI2NO3S. The van der Waals surface area contributed by atoms with Gasteiger partial charge >= 0.3 is 0 Å². The molecular weight excluding hydrogens is 660 g/mol. The van der Waals surface area contributed by atoms with Gasteiger partial charge in [-0.15, -0.1) is 0 Å². The fraction of sp³-hybridized carbons (Fsp3) is 0.0435. The number of ether oxygens (including phenoxy) is 1. The maximum Gasteiger partial charge on any atom is 0.298 e. The van der Waals surface area contributed by atoms with Crippen molar-refractivity contribution in [3.63, 3.8) is 0 Å². The van der Waals surface area contributed by atoms with Crippen molar-refractivity contribution in [3.8, 4) is 5.75 Å². The van der Waals surface area contributed by atoms with Gasteiger partial charge in [0.05, 0.1) is 14.2 Å². The van der Waals surface area contributed by atoms with Crippen molar-refractivity contribution >= 4 is 91.5 Å². The van der Waals surface area contributed by atoms with Crippen LogP contribution in [-0.4, -0.2) is 11.1 Å². The van der Waals surface area contributed by atoms with E-state index in [1.54, 1.807) is 30.3 Å². The summed E-state index contributed by atoms with van der Waals surface area (Å²) in [6.45, 7) is 0.405. The Kier molecular flexibility index (Phi) is 7.25. The molecule has 4 nitrogen and oxygen atoms in total. The number of carbonyl (C=O) groups is 2. The fourth-order valence-electron chi connectivity index (χ4n) is 3.02. The molecule has 0 N–H and O–H groups in total. The zero-order valence-corrected chi connectivity index (χ0v) is 21.7. The molecule has 31 heavy (non-hydrogen) atoms. The largest absolute Gasteiger partial charge is 0.487 e.